The van der Waals surface area contributed by atoms with Crippen molar-refractivity contribution < 1.29 is 9.53 Å². The van der Waals surface area contributed by atoms with Gasteiger partial charge in [0.1, 0.15) is 0 Å². The summed E-state index contributed by atoms with van der Waals surface area (Å²) >= 11 is 3.09. The highest BCUT2D eigenvalue weighted by atomic mass is 32.2. The van der Waals surface area contributed by atoms with E-state index in [-0.39, 0.29) is 18.1 Å². The Labute approximate surface area is 126 Å². The van der Waals surface area contributed by atoms with Crippen LogP contribution >= 0.6 is 23.1 Å². The lowest BCUT2D eigenvalue weighted by atomic mass is 10.2. The van der Waals surface area contributed by atoms with E-state index in [1.807, 2.05) is 37.4 Å². The van der Waals surface area contributed by atoms with E-state index in [1.54, 1.807) is 11.3 Å². The number of carbonyl (C=O) groups is 1. The fourth-order valence-corrected chi connectivity index (χ4v) is 4.02. The third-order valence-electron chi connectivity index (χ3n) is 3.12. The minimum absolute atomic E-state index is 0.134. The van der Waals surface area contributed by atoms with Crippen molar-refractivity contribution in [2.24, 2.45) is 4.99 Å². The Morgan fingerprint density at radius 3 is 2.80 bits per heavy atom. The molecule has 0 bridgehead atoms. The highest BCUT2D eigenvalue weighted by Crippen LogP contribution is 2.32. The number of nitrogens with zero attached hydrogens (tertiary/aromatic N) is 2. The van der Waals surface area contributed by atoms with Crippen molar-refractivity contribution >= 4 is 40.2 Å². The molecule has 3 heterocycles. The number of amides is 1. The number of hydrogen-bond donors (Lipinski definition) is 0. The van der Waals surface area contributed by atoms with Crippen molar-refractivity contribution in [1.29, 1.82) is 0 Å². The van der Waals surface area contributed by atoms with Crippen molar-refractivity contribution in [3.8, 4) is 0 Å². The van der Waals surface area contributed by atoms with Gasteiger partial charge in [-0.3, -0.25) is 4.79 Å². The highest BCUT2D eigenvalue weighted by molar-refractivity contribution is 8.18. The van der Waals surface area contributed by atoms with E-state index in [2.05, 4.69) is 9.89 Å². The maximum Gasteiger partial charge on any atom is 0.286 e. The van der Waals surface area contributed by atoms with Crippen LogP contribution in [0.25, 0.3) is 6.08 Å². The Kier molecular flexibility index (Phi) is 3.96. The van der Waals surface area contributed by atoms with Gasteiger partial charge in [-0.2, -0.15) is 4.99 Å². The number of amidine groups is 1. The van der Waals surface area contributed by atoms with Crippen LogP contribution in [0.4, 0.5) is 0 Å². The van der Waals surface area contributed by atoms with E-state index in [0.717, 1.165) is 23.1 Å². The molecule has 1 saturated heterocycles. The molecule has 1 amide bonds. The summed E-state index contributed by atoms with van der Waals surface area (Å²) in [6.45, 7) is 5.67. The summed E-state index contributed by atoms with van der Waals surface area (Å²) in [5.41, 5.74) is 0. The van der Waals surface area contributed by atoms with Crippen LogP contribution in [-0.2, 0) is 9.53 Å². The van der Waals surface area contributed by atoms with Crippen molar-refractivity contribution in [1.82, 2.24) is 4.90 Å². The number of ether oxygens (including phenoxy) is 1. The van der Waals surface area contributed by atoms with Gasteiger partial charge in [0.05, 0.1) is 17.1 Å². The van der Waals surface area contributed by atoms with E-state index in [9.17, 15) is 4.79 Å². The van der Waals surface area contributed by atoms with Gasteiger partial charge in [-0.1, -0.05) is 6.07 Å². The first kappa shape index (κ1) is 13.9. The monoisotopic (exact) mass is 308 g/mol. The molecule has 1 aromatic rings. The number of hydrogen-bond acceptors (Lipinski definition) is 5. The molecule has 0 N–H and O–H groups in total. The molecule has 0 spiro atoms. The molecule has 0 aromatic carbocycles. The average molecular weight is 308 g/mol. The second kappa shape index (κ2) is 5.71. The molecule has 0 radical (unpaired) electrons. The van der Waals surface area contributed by atoms with Gasteiger partial charge < -0.3 is 9.64 Å². The lowest BCUT2D eigenvalue weighted by Crippen LogP contribution is -2.47. The molecule has 2 unspecified atom stereocenters. The molecule has 0 aliphatic carbocycles. The third kappa shape index (κ3) is 2.97. The predicted molar refractivity (Wildman–Crippen MR) is 83.9 cm³/mol. The Morgan fingerprint density at radius 1 is 1.40 bits per heavy atom. The van der Waals surface area contributed by atoms with Gasteiger partial charge in [-0.05, 0) is 43.1 Å². The lowest BCUT2D eigenvalue weighted by molar-refractivity contribution is -0.113. The van der Waals surface area contributed by atoms with Crippen LogP contribution in [0.15, 0.2) is 27.4 Å². The number of thioether (sulfide) groups is 1. The Morgan fingerprint density at radius 2 is 2.15 bits per heavy atom. The lowest BCUT2D eigenvalue weighted by Gasteiger charge is -2.35. The maximum atomic E-state index is 12.0. The minimum Gasteiger partial charge on any atom is -0.372 e. The van der Waals surface area contributed by atoms with Crippen LogP contribution in [0, 0.1) is 0 Å². The number of carbonyl (C=O) groups excluding carboxylic acids is 1. The zero-order chi connectivity index (χ0) is 14.1. The van der Waals surface area contributed by atoms with Gasteiger partial charge in [-0.15, -0.1) is 11.3 Å². The number of aliphatic imine (C=N–C) groups is 1. The summed E-state index contributed by atoms with van der Waals surface area (Å²) in [6, 6.07) is 3.98. The van der Waals surface area contributed by atoms with Crippen LogP contribution in [0.2, 0.25) is 0 Å². The summed E-state index contributed by atoms with van der Waals surface area (Å²) in [5.74, 6) is -0.134. The van der Waals surface area contributed by atoms with Gasteiger partial charge >= 0.3 is 0 Å². The topological polar surface area (TPSA) is 41.9 Å². The SMILES string of the molecule is CC1CN(C2=NC(=O)C(=Cc3cccs3)S2)CC(C)O1. The Balaban J connectivity index is 1.74. The zero-order valence-electron chi connectivity index (χ0n) is 11.4. The second-order valence-electron chi connectivity index (χ2n) is 4.99. The molecule has 3 rings (SSSR count). The number of rotatable bonds is 1. The van der Waals surface area contributed by atoms with Crippen LogP contribution in [0.3, 0.4) is 0 Å². The first-order valence-electron chi connectivity index (χ1n) is 6.58. The summed E-state index contributed by atoms with van der Waals surface area (Å²) in [7, 11) is 0. The largest absolute Gasteiger partial charge is 0.372 e. The van der Waals surface area contributed by atoms with Crippen molar-refractivity contribution in [2.45, 2.75) is 26.1 Å². The molecular formula is C14H16N2O2S2. The van der Waals surface area contributed by atoms with Crippen molar-refractivity contribution in [2.75, 3.05) is 13.1 Å². The van der Waals surface area contributed by atoms with Crippen LogP contribution in [0.1, 0.15) is 18.7 Å². The third-order valence-corrected chi connectivity index (χ3v) is 4.98. The summed E-state index contributed by atoms with van der Waals surface area (Å²) in [4.78, 5) is 20.1. The molecule has 1 aromatic heterocycles. The van der Waals surface area contributed by atoms with E-state index >= 15 is 0 Å². The van der Waals surface area contributed by atoms with Gasteiger partial charge in [-0.25, -0.2) is 0 Å². The van der Waals surface area contributed by atoms with Gasteiger partial charge in [0.15, 0.2) is 5.17 Å². The second-order valence-corrected chi connectivity index (χ2v) is 6.98. The number of thiophene rings is 1. The van der Waals surface area contributed by atoms with Gasteiger partial charge in [0, 0.05) is 18.0 Å². The molecule has 2 aliphatic rings. The molecule has 6 heteroatoms. The summed E-state index contributed by atoms with van der Waals surface area (Å²) < 4.78 is 5.71. The average Bonchev–Trinajstić information content (AvgIpc) is 3.00. The Hall–Kier alpha value is -1.11. The predicted octanol–water partition coefficient (Wildman–Crippen LogP) is 2.83. The van der Waals surface area contributed by atoms with Gasteiger partial charge in [0.25, 0.3) is 5.91 Å². The molecule has 0 saturated carbocycles. The van der Waals surface area contributed by atoms with Gasteiger partial charge in [0.2, 0.25) is 0 Å². The molecule has 20 heavy (non-hydrogen) atoms. The molecular weight excluding hydrogens is 292 g/mol. The fourth-order valence-electron chi connectivity index (χ4n) is 2.37. The first-order valence-corrected chi connectivity index (χ1v) is 8.28. The normalized spacial score (nSPS) is 29.1. The zero-order valence-corrected chi connectivity index (χ0v) is 13.0. The molecule has 4 nitrogen and oxygen atoms in total. The van der Waals surface area contributed by atoms with Crippen LogP contribution in [-0.4, -0.2) is 41.3 Å². The molecule has 1 fully saturated rings. The smallest absolute Gasteiger partial charge is 0.286 e. The molecule has 106 valence electrons. The first-order chi connectivity index (χ1) is 9.61. The van der Waals surface area contributed by atoms with Crippen LogP contribution < -0.4 is 0 Å². The van der Waals surface area contributed by atoms with Crippen molar-refractivity contribution in [3.05, 3.63) is 27.3 Å². The van der Waals surface area contributed by atoms with E-state index in [1.165, 1.54) is 11.8 Å². The maximum absolute atomic E-state index is 12.0. The van der Waals surface area contributed by atoms with E-state index in [4.69, 9.17) is 4.74 Å². The Bertz CT molecular complexity index is 556. The summed E-state index contributed by atoms with van der Waals surface area (Å²) in [5, 5.41) is 2.81. The quantitative estimate of drug-likeness (QED) is 0.748. The minimum atomic E-state index is -0.134. The molecule has 2 aliphatic heterocycles. The highest BCUT2D eigenvalue weighted by Gasteiger charge is 2.30. The number of morpholine rings is 1. The summed E-state index contributed by atoms with van der Waals surface area (Å²) in [6.07, 6.45) is 2.26. The van der Waals surface area contributed by atoms with Crippen molar-refractivity contribution in [3.63, 3.8) is 0 Å². The standard InChI is InChI=1S/C14H16N2O2S2/c1-9-7-16(8-10(2)18-9)14-15-13(17)12(20-14)6-11-4-3-5-19-11/h3-6,9-10H,7-8H2,1-2H3. The fraction of sp³-hybridized carbons (Fsp3) is 0.429. The molecule has 2 atom stereocenters. The van der Waals surface area contributed by atoms with E-state index < -0.39 is 0 Å². The van der Waals surface area contributed by atoms with Crippen LogP contribution in [0.5, 0.6) is 0 Å². The van der Waals surface area contributed by atoms with E-state index in [0.29, 0.717) is 4.91 Å².